The van der Waals surface area contributed by atoms with E-state index >= 15 is 0 Å². The van der Waals surface area contributed by atoms with Crippen LogP contribution >= 0.6 is 0 Å². The molecule has 2 aromatic carbocycles. The van der Waals surface area contributed by atoms with E-state index in [1.807, 2.05) is 71.0 Å². The molecule has 2 aliphatic heterocycles. The Morgan fingerprint density at radius 2 is 1.84 bits per heavy atom. The molecule has 2 heterocycles. The van der Waals surface area contributed by atoms with Crippen LogP contribution in [-0.2, 0) is 27.0 Å². The first-order valence-corrected chi connectivity index (χ1v) is 14.9. The Morgan fingerprint density at radius 1 is 1.16 bits per heavy atom. The Balaban J connectivity index is 1.92. The quantitative estimate of drug-likeness (QED) is 0.389. The fraction of sp³-hybridized carbons (Fsp3) is 0.576. The van der Waals surface area contributed by atoms with Gasteiger partial charge in [0.05, 0.1) is 30.7 Å². The monoisotopic (exact) mass is 619 g/mol. The van der Waals surface area contributed by atoms with Gasteiger partial charge in [-0.05, 0) is 55.0 Å². The number of alkyl halides is 3. The van der Waals surface area contributed by atoms with Gasteiger partial charge in [0.2, 0.25) is 5.91 Å². The Morgan fingerprint density at radius 3 is 2.39 bits per heavy atom. The van der Waals surface area contributed by atoms with Crippen molar-refractivity contribution in [3.63, 3.8) is 0 Å². The second-order valence-electron chi connectivity index (χ2n) is 13.4. The minimum absolute atomic E-state index is 0.0419. The van der Waals surface area contributed by atoms with E-state index in [0.717, 1.165) is 23.4 Å². The van der Waals surface area contributed by atoms with E-state index in [9.17, 15) is 27.9 Å². The van der Waals surface area contributed by atoms with Crippen LogP contribution in [0.1, 0.15) is 63.3 Å². The molecule has 0 aliphatic carbocycles. The summed E-state index contributed by atoms with van der Waals surface area (Å²) in [5.74, 6) is -1.78. The van der Waals surface area contributed by atoms with E-state index in [4.69, 9.17) is 9.47 Å². The first-order chi connectivity index (χ1) is 20.5. The molecule has 1 unspecified atom stereocenters. The number of benzene rings is 2. The minimum Gasteiger partial charge on any atom is -0.496 e. The molecular formula is C33H44F3N3O5. The van der Waals surface area contributed by atoms with Gasteiger partial charge in [0.25, 0.3) is 0 Å². The lowest BCUT2D eigenvalue weighted by Crippen LogP contribution is -2.53. The summed E-state index contributed by atoms with van der Waals surface area (Å²) >= 11 is 0. The summed E-state index contributed by atoms with van der Waals surface area (Å²) in [6.07, 6.45) is -3.33. The molecule has 8 nitrogen and oxygen atoms in total. The van der Waals surface area contributed by atoms with Gasteiger partial charge in [-0.25, -0.2) is 4.79 Å². The minimum atomic E-state index is -4.55. The maximum Gasteiger partial charge on any atom is 0.416 e. The molecule has 44 heavy (non-hydrogen) atoms. The number of anilines is 1. The van der Waals surface area contributed by atoms with E-state index in [1.54, 1.807) is 0 Å². The summed E-state index contributed by atoms with van der Waals surface area (Å²) in [5, 5.41) is 14.2. The van der Waals surface area contributed by atoms with Crippen molar-refractivity contribution in [3.8, 4) is 5.75 Å². The van der Waals surface area contributed by atoms with Gasteiger partial charge in [-0.2, -0.15) is 13.2 Å². The van der Waals surface area contributed by atoms with Gasteiger partial charge in [-0.15, -0.1) is 0 Å². The Labute approximate surface area is 257 Å². The van der Waals surface area contributed by atoms with Crippen LogP contribution in [0.4, 0.5) is 18.9 Å². The van der Waals surface area contributed by atoms with E-state index in [1.165, 1.54) is 18.1 Å². The highest BCUT2D eigenvalue weighted by Gasteiger charge is 2.60. The van der Waals surface area contributed by atoms with Crippen LogP contribution in [0.15, 0.2) is 42.5 Å². The van der Waals surface area contributed by atoms with E-state index in [0.29, 0.717) is 19.4 Å². The van der Waals surface area contributed by atoms with Crippen LogP contribution in [0.3, 0.4) is 0 Å². The normalized spacial score (nSPS) is 26.0. The number of nitrogens with zero attached hydrogens (tertiary/aromatic N) is 2. The van der Waals surface area contributed by atoms with E-state index in [-0.39, 0.29) is 30.4 Å². The Kier molecular flexibility index (Phi) is 9.61. The van der Waals surface area contributed by atoms with Crippen molar-refractivity contribution in [1.29, 1.82) is 0 Å². The molecule has 0 bridgehead atoms. The number of rotatable bonds is 8. The Hall–Kier alpha value is -3.31. The molecule has 2 fully saturated rings. The van der Waals surface area contributed by atoms with E-state index < -0.39 is 52.6 Å². The zero-order valence-electron chi connectivity index (χ0n) is 26.5. The number of carbonyl (C=O) groups is 2. The molecule has 4 rings (SSSR count). The average molecular weight is 620 g/mol. The largest absolute Gasteiger partial charge is 0.496 e. The predicted octanol–water partition coefficient (Wildman–Crippen LogP) is 5.75. The van der Waals surface area contributed by atoms with Crippen LogP contribution in [0.2, 0.25) is 0 Å². The standard InChI is InChI=1S/C33H44F3N3O5/c1-31(2,3)25-26(37-18-20-17-21(33(34,35)36)13-14-24(20)43-7)27(22-11-8-9-12-23(22)38(5)6)39(28(25)29(40)41)30(42)32(4)15-10-16-44-19-32/h8-9,11-14,17,25-28,37H,10,15-16,18-19H2,1-7H3,(H,40,41)/t25-,26-,27-,28-,32?/m0/s1. The number of aliphatic carboxylic acids is 1. The number of carbonyl (C=O) groups excluding carboxylic acids is 1. The van der Waals surface area contributed by atoms with Crippen molar-refractivity contribution in [1.82, 2.24) is 10.2 Å². The molecule has 5 atom stereocenters. The van der Waals surface area contributed by atoms with Crippen molar-refractivity contribution in [3.05, 3.63) is 59.2 Å². The molecule has 11 heteroatoms. The van der Waals surface area contributed by atoms with Gasteiger partial charge < -0.3 is 29.7 Å². The lowest BCUT2D eigenvalue weighted by Gasteiger charge is -2.40. The number of hydrogen-bond acceptors (Lipinski definition) is 6. The maximum absolute atomic E-state index is 14.6. The van der Waals surface area contributed by atoms with Gasteiger partial charge >= 0.3 is 12.1 Å². The smallest absolute Gasteiger partial charge is 0.416 e. The fourth-order valence-electron chi connectivity index (χ4n) is 6.91. The summed E-state index contributed by atoms with van der Waals surface area (Å²) in [6, 6.07) is 8.24. The number of carboxylic acid groups (broad SMARTS) is 1. The van der Waals surface area contributed by atoms with Gasteiger partial charge in [-0.3, -0.25) is 4.79 Å². The fourth-order valence-corrected chi connectivity index (χ4v) is 6.91. The van der Waals surface area contributed by atoms with Crippen molar-refractivity contribution in [2.24, 2.45) is 16.7 Å². The average Bonchev–Trinajstić information content (AvgIpc) is 3.31. The molecule has 0 radical (unpaired) electrons. The van der Waals surface area contributed by atoms with Gasteiger partial charge in [0.1, 0.15) is 11.8 Å². The first-order valence-electron chi connectivity index (χ1n) is 14.9. The highest BCUT2D eigenvalue weighted by Crippen LogP contribution is 2.51. The van der Waals surface area contributed by atoms with Crippen molar-refractivity contribution in [2.45, 2.75) is 71.4 Å². The molecule has 2 saturated heterocycles. The number of para-hydroxylation sites is 1. The van der Waals surface area contributed by atoms with Crippen molar-refractivity contribution in [2.75, 3.05) is 39.3 Å². The summed E-state index contributed by atoms with van der Waals surface area (Å²) < 4.78 is 52.2. The molecule has 2 aliphatic rings. The first kappa shape index (κ1) is 33.6. The third kappa shape index (κ3) is 6.54. The summed E-state index contributed by atoms with van der Waals surface area (Å²) in [6.45, 7) is 8.29. The predicted molar refractivity (Wildman–Crippen MR) is 162 cm³/mol. The number of hydrogen-bond donors (Lipinski definition) is 2. The van der Waals surface area contributed by atoms with Crippen molar-refractivity contribution >= 4 is 17.6 Å². The second-order valence-corrected chi connectivity index (χ2v) is 13.4. The van der Waals surface area contributed by atoms with Gasteiger partial charge in [-0.1, -0.05) is 39.0 Å². The number of ether oxygens (including phenoxy) is 2. The number of halogens is 3. The maximum atomic E-state index is 14.6. The number of likely N-dealkylation sites (tertiary alicyclic amines) is 1. The molecule has 0 saturated carbocycles. The van der Waals surface area contributed by atoms with Crippen molar-refractivity contribution < 1.29 is 37.3 Å². The summed E-state index contributed by atoms with van der Waals surface area (Å²) in [4.78, 5) is 31.3. The summed E-state index contributed by atoms with van der Waals surface area (Å²) in [7, 11) is 5.15. The number of methoxy groups -OCH3 is 1. The lowest BCUT2D eigenvalue weighted by molar-refractivity contribution is -0.161. The Bertz CT molecular complexity index is 1350. The number of amides is 1. The second kappa shape index (κ2) is 12.6. The van der Waals surface area contributed by atoms with Crippen LogP contribution in [-0.4, -0.2) is 68.4 Å². The number of carboxylic acids is 1. The molecule has 242 valence electrons. The highest BCUT2D eigenvalue weighted by atomic mass is 19.4. The molecule has 0 aromatic heterocycles. The van der Waals surface area contributed by atoms with Crippen LogP contribution in [0, 0.1) is 16.7 Å². The highest BCUT2D eigenvalue weighted by molar-refractivity contribution is 5.89. The van der Waals surface area contributed by atoms with Crippen LogP contribution in [0.25, 0.3) is 0 Å². The lowest BCUT2D eigenvalue weighted by atomic mass is 9.72. The topological polar surface area (TPSA) is 91.3 Å². The third-order valence-electron chi connectivity index (χ3n) is 8.98. The van der Waals surface area contributed by atoms with Crippen LogP contribution < -0.4 is 15.0 Å². The molecule has 1 amide bonds. The van der Waals surface area contributed by atoms with E-state index in [2.05, 4.69) is 5.32 Å². The summed E-state index contributed by atoms with van der Waals surface area (Å²) in [5.41, 5.74) is -0.533. The van der Waals surface area contributed by atoms with Gasteiger partial charge in [0.15, 0.2) is 0 Å². The molecule has 0 spiro atoms. The molecular weight excluding hydrogens is 575 g/mol. The zero-order chi connectivity index (χ0) is 32.6. The molecule has 2 aromatic rings. The SMILES string of the molecule is COc1ccc(C(F)(F)F)cc1CN[C@H]1[C@H](C(C)(C)C)[C@@H](C(=O)O)N(C(=O)C2(C)CCCOC2)[C@H]1c1ccccc1N(C)C. The zero-order valence-corrected chi connectivity index (χ0v) is 26.5. The number of nitrogens with one attached hydrogen (secondary N) is 1. The van der Waals surface area contributed by atoms with Gasteiger partial charge in [0, 0.05) is 50.5 Å². The van der Waals surface area contributed by atoms with Crippen LogP contribution in [0.5, 0.6) is 5.75 Å². The molecule has 2 N–H and O–H groups in total. The third-order valence-corrected chi connectivity index (χ3v) is 8.98.